The summed E-state index contributed by atoms with van der Waals surface area (Å²) in [5.74, 6) is -0.295. The van der Waals surface area contributed by atoms with Crippen LogP contribution in [-0.4, -0.2) is 13.2 Å². The molecule has 1 aromatic rings. The van der Waals surface area contributed by atoms with Crippen LogP contribution in [0.15, 0.2) is 24.8 Å². The molecule has 1 fully saturated rings. The zero-order chi connectivity index (χ0) is 9.97. The predicted octanol–water partition coefficient (Wildman–Crippen LogP) is 2.51. The largest absolute Gasteiger partial charge is 0.346 e. The molecule has 0 N–H and O–H groups in total. The van der Waals surface area contributed by atoms with E-state index in [1.165, 1.54) is 12.1 Å². The number of benzene rings is 1. The van der Waals surface area contributed by atoms with Crippen molar-refractivity contribution in [2.75, 3.05) is 13.2 Å². The third kappa shape index (κ3) is 1.56. The molecule has 74 valence electrons. The lowest BCUT2D eigenvalue weighted by Gasteiger charge is -2.12. The van der Waals surface area contributed by atoms with Gasteiger partial charge in [-0.25, -0.2) is 4.39 Å². The first-order valence-electron chi connectivity index (χ1n) is 4.47. The Kier molecular flexibility index (Phi) is 2.61. The van der Waals surface area contributed by atoms with Gasteiger partial charge in [0, 0.05) is 11.1 Å². The summed E-state index contributed by atoms with van der Waals surface area (Å²) in [5, 5.41) is 0. The Bertz CT molecular complexity index is 343. The van der Waals surface area contributed by atoms with E-state index in [9.17, 15) is 4.39 Å². The van der Waals surface area contributed by atoms with E-state index in [2.05, 4.69) is 6.58 Å². The molecule has 0 aromatic heterocycles. The Morgan fingerprint density at radius 3 is 2.71 bits per heavy atom. The summed E-state index contributed by atoms with van der Waals surface area (Å²) in [5.41, 5.74) is 1.16. The molecule has 2 nitrogen and oxygen atoms in total. The second kappa shape index (κ2) is 3.90. The molecular formula is C11H11FO2. The van der Waals surface area contributed by atoms with Crippen molar-refractivity contribution in [3.63, 3.8) is 0 Å². The lowest BCUT2D eigenvalue weighted by atomic mass is 10.1. The van der Waals surface area contributed by atoms with E-state index in [0.29, 0.717) is 24.3 Å². The minimum Gasteiger partial charge on any atom is -0.346 e. The van der Waals surface area contributed by atoms with Gasteiger partial charge < -0.3 is 9.47 Å². The molecule has 1 heterocycles. The topological polar surface area (TPSA) is 18.5 Å². The molecule has 0 spiro atoms. The molecule has 3 heteroatoms. The van der Waals surface area contributed by atoms with Crippen LogP contribution >= 0.6 is 0 Å². The Morgan fingerprint density at radius 2 is 2.07 bits per heavy atom. The van der Waals surface area contributed by atoms with Crippen molar-refractivity contribution in [1.82, 2.24) is 0 Å². The monoisotopic (exact) mass is 194 g/mol. The van der Waals surface area contributed by atoms with Crippen LogP contribution in [-0.2, 0) is 9.47 Å². The molecule has 2 rings (SSSR count). The smallest absolute Gasteiger partial charge is 0.184 e. The minimum absolute atomic E-state index is 0.295. The lowest BCUT2D eigenvalue weighted by molar-refractivity contribution is -0.0444. The standard InChI is InChI=1S/C11H11FO2/c1-2-8-9(4-3-5-10(8)12)11-13-6-7-14-11/h2-5,11H,1,6-7H2. The van der Waals surface area contributed by atoms with Gasteiger partial charge in [-0.3, -0.25) is 0 Å². The van der Waals surface area contributed by atoms with Gasteiger partial charge in [-0.1, -0.05) is 24.8 Å². The maximum absolute atomic E-state index is 13.3. The molecule has 0 amide bonds. The summed E-state index contributed by atoms with van der Waals surface area (Å²) in [4.78, 5) is 0. The van der Waals surface area contributed by atoms with Gasteiger partial charge in [0.1, 0.15) is 5.82 Å². The van der Waals surface area contributed by atoms with Crippen LogP contribution in [0.1, 0.15) is 17.4 Å². The fourth-order valence-electron chi connectivity index (χ4n) is 1.51. The van der Waals surface area contributed by atoms with E-state index >= 15 is 0 Å². The maximum atomic E-state index is 13.3. The van der Waals surface area contributed by atoms with Crippen LogP contribution < -0.4 is 0 Å². The average Bonchev–Trinajstić information content (AvgIpc) is 2.70. The Morgan fingerprint density at radius 1 is 1.36 bits per heavy atom. The molecule has 1 saturated heterocycles. The van der Waals surface area contributed by atoms with E-state index in [1.807, 2.05) is 0 Å². The summed E-state index contributed by atoms with van der Waals surface area (Å²) in [6.07, 6.45) is 1.04. The normalized spacial score (nSPS) is 17.2. The average molecular weight is 194 g/mol. The first-order chi connectivity index (χ1) is 6.83. The number of rotatable bonds is 2. The van der Waals surface area contributed by atoms with Gasteiger partial charge in [0.25, 0.3) is 0 Å². The second-order valence-corrected chi connectivity index (χ2v) is 3.02. The Balaban J connectivity index is 2.40. The van der Waals surface area contributed by atoms with Crippen LogP contribution in [0.2, 0.25) is 0 Å². The number of hydrogen-bond donors (Lipinski definition) is 0. The fourth-order valence-corrected chi connectivity index (χ4v) is 1.51. The Hall–Kier alpha value is -1.19. The van der Waals surface area contributed by atoms with E-state index in [4.69, 9.17) is 9.47 Å². The molecular weight excluding hydrogens is 183 g/mol. The van der Waals surface area contributed by atoms with Gasteiger partial charge in [0.05, 0.1) is 13.2 Å². The molecule has 1 aliphatic heterocycles. The second-order valence-electron chi connectivity index (χ2n) is 3.02. The van der Waals surface area contributed by atoms with Crippen molar-refractivity contribution in [2.24, 2.45) is 0 Å². The highest BCUT2D eigenvalue weighted by molar-refractivity contribution is 5.53. The zero-order valence-electron chi connectivity index (χ0n) is 7.70. The summed E-state index contributed by atoms with van der Waals surface area (Å²) in [7, 11) is 0. The molecule has 1 aromatic carbocycles. The van der Waals surface area contributed by atoms with Gasteiger partial charge in [-0.2, -0.15) is 0 Å². The molecule has 0 bridgehead atoms. The summed E-state index contributed by atoms with van der Waals surface area (Å²) < 4.78 is 23.9. The van der Waals surface area contributed by atoms with Gasteiger partial charge >= 0.3 is 0 Å². The van der Waals surface area contributed by atoms with Crippen molar-refractivity contribution >= 4 is 6.08 Å². The molecule has 1 aliphatic rings. The predicted molar refractivity (Wildman–Crippen MR) is 51.1 cm³/mol. The first kappa shape index (κ1) is 9.37. The highest BCUT2D eigenvalue weighted by Crippen LogP contribution is 2.28. The lowest BCUT2D eigenvalue weighted by Crippen LogP contribution is -2.02. The van der Waals surface area contributed by atoms with Crippen LogP contribution in [0, 0.1) is 5.82 Å². The number of ether oxygens (including phenoxy) is 2. The molecule has 0 saturated carbocycles. The van der Waals surface area contributed by atoms with Gasteiger partial charge in [0.15, 0.2) is 6.29 Å². The number of hydrogen-bond acceptors (Lipinski definition) is 2. The van der Waals surface area contributed by atoms with Crippen molar-refractivity contribution < 1.29 is 13.9 Å². The van der Waals surface area contributed by atoms with Crippen molar-refractivity contribution in [2.45, 2.75) is 6.29 Å². The molecule has 0 radical (unpaired) electrons. The van der Waals surface area contributed by atoms with Gasteiger partial charge in [0.2, 0.25) is 0 Å². The van der Waals surface area contributed by atoms with Crippen molar-refractivity contribution in [1.29, 1.82) is 0 Å². The maximum Gasteiger partial charge on any atom is 0.184 e. The van der Waals surface area contributed by atoms with Crippen molar-refractivity contribution in [3.05, 3.63) is 41.7 Å². The molecule has 14 heavy (non-hydrogen) atoms. The van der Waals surface area contributed by atoms with E-state index in [-0.39, 0.29) is 5.82 Å². The molecule has 0 aliphatic carbocycles. The van der Waals surface area contributed by atoms with E-state index in [1.54, 1.807) is 12.1 Å². The SMILES string of the molecule is C=Cc1c(F)cccc1C1OCCO1. The summed E-state index contributed by atoms with van der Waals surface area (Å²) in [6, 6.07) is 4.83. The summed E-state index contributed by atoms with van der Waals surface area (Å²) >= 11 is 0. The third-order valence-corrected chi connectivity index (χ3v) is 2.17. The van der Waals surface area contributed by atoms with E-state index in [0.717, 1.165) is 0 Å². The quantitative estimate of drug-likeness (QED) is 0.720. The summed E-state index contributed by atoms with van der Waals surface area (Å²) in [6.45, 7) is 4.68. The molecule has 0 unspecified atom stereocenters. The first-order valence-corrected chi connectivity index (χ1v) is 4.47. The minimum atomic E-state index is -0.446. The van der Waals surface area contributed by atoms with Gasteiger partial charge in [-0.15, -0.1) is 0 Å². The Labute approximate surface area is 82.0 Å². The fraction of sp³-hybridized carbons (Fsp3) is 0.273. The van der Waals surface area contributed by atoms with Crippen LogP contribution in [0.25, 0.3) is 6.08 Å². The third-order valence-electron chi connectivity index (χ3n) is 2.17. The van der Waals surface area contributed by atoms with Crippen LogP contribution in [0.5, 0.6) is 0 Å². The highest BCUT2D eigenvalue weighted by atomic mass is 19.1. The molecule has 0 atom stereocenters. The van der Waals surface area contributed by atoms with E-state index < -0.39 is 6.29 Å². The van der Waals surface area contributed by atoms with Gasteiger partial charge in [-0.05, 0) is 6.07 Å². The zero-order valence-corrected chi connectivity index (χ0v) is 7.70. The van der Waals surface area contributed by atoms with Crippen molar-refractivity contribution in [3.8, 4) is 0 Å². The van der Waals surface area contributed by atoms with Crippen LogP contribution in [0.3, 0.4) is 0 Å². The van der Waals surface area contributed by atoms with Crippen LogP contribution in [0.4, 0.5) is 4.39 Å². The number of halogens is 1. The highest BCUT2D eigenvalue weighted by Gasteiger charge is 2.21.